The third-order valence-electron chi connectivity index (χ3n) is 4.09. The van der Waals surface area contributed by atoms with Crippen LogP contribution in [-0.4, -0.2) is 5.78 Å². The van der Waals surface area contributed by atoms with Crippen LogP contribution in [0, 0.1) is 0 Å². The summed E-state index contributed by atoms with van der Waals surface area (Å²) in [5.74, 6) is 0.278. The predicted molar refractivity (Wildman–Crippen MR) is 90.1 cm³/mol. The normalized spacial score (nSPS) is 16.5. The predicted octanol–water partition coefficient (Wildman–Crippen LogP) is 5.72. The number of rotatable bonds is 8. The molecular weight excluding hydrogens is 256 g/mol. The van der Waals surface area contributed by atoms with E-state index >= 15 is 0 Å². The van der Waals surface area contributed by atoms with Crippen LogP contribution in [0.4, 0.5) is 0 Å². The molecule has 0 saturated carbocycles. The van der Waals surface area contributed by atoms with Gasteiger partial charge in [0.15, 0.2) is 5.78 Å². The van der Waals surface area contributed by atoms with Gasteiger partial charge in [0.05, 0.1) is 0 Å². The van der Waals surface area contributed by atoms with Crippen LogP contribution in [0.15, 0.2) is 47.6 Å². The van der Waals surface area contributed by atoms with Gasteiger partial charge in [-0.1, -0.05) is 75.4 Å². The highest BCUT2D eigenvalue weighted by Gasteiger charge is 2.19. The van der Waals surface area contributed by atoms with Crippen molar-refractivity contribution >= 4 is 11.9 Å². The SMILES string of the molecule is CCCCCCCCC1=CCC(=O)C1=Cc1ccccc1. The Hall–Kier alpha value is -1.63. The van der Waals surface area contributed by atoms with Gasteiger partial charge in [-0.25, -0.2) is 0 Å². The molecule has 0 heterocycles. The van der Waals surface area contributed by atoms with Crippen molar-refractivity contribution in [3.8, 4) is 0 Å². The van der Waals surface area contributed by atoms with Gasteiger partial charge in [0.1, 0.15) is 0 Å². The van der Waals surface area contributed by atoms with E-state index in [2.05, 4.69) is 31.2 Å². The largest absolute Gasteiger partial charge is 0.294 e. The number of unbranched alkanes of at least 4 members (excludes halogenated alkanes) is 5. The van der Waals surface area contributed by atoms with Gasteiger partial charge in [0, 0.05) is 12.0 Å². The lowest BCUT2D eigenvalue weighted by Crippen LogP contribution is -1.96. The number of allylic oxidation sites excluding steroid dienone is 3. The molecule has 0 aromatic heterocycles. The molecule has 112 valence electrons. The Morgan fingerprint density at radius 1 is 1.00 bits per heavy atom. The minimum absolute atomic E-state index is 0.278. The zero-order chi connectivity index (χ0) is 14.9. The Balaban J connectivity index is 1.87. The summed E-state index contributed by atoms with van der Waals surface area (Å²) >= 11 is 0. The van der Waals surface area contributed by atoms with E-state index in [9.17, 15) is 4.79 Å². The lowest BCUT2D eigenvalue weighted by atomic mass is 9.99. The highest BCUT2D eigenvalue weighted by molar-refractivity contribution is 6.07. The number of carbonyl (C=O) groups excluding carboxylic acids is 1. The summed E-state index contributed by atoms with van der Waals surface area (Å²) in [6.07, 6.45) is 13.6. The van der Waals surface area contributed by atoms with Crippen molar-refractivity contribution in [1.82, 2.24) is 0 Å². The average Bonchev–Trinajstić information content (AvgIpc) is 2.85. The minimum atomic E-state index is 0.278. The topological polar surface area (TPSA) is 17.1 Å². The molecule has 1 heteroatoms. The van der Waals surface area contributed by atoms with Crippen LogP contribution < -0.4 is 0 Å². The maximum atomic E-state index is 12.0. The third kappa shape index (κ3) is 5.00. The Bertz CT molecular complexity index is 508. The maximum absolute atomic E-state index is 12.0. The quantitative estimate of drug-likeness (QED) is 0.440. The molecule has 0 aliphatic heterocycles. The van der Waals surface area contributed by atoms with Crippen LogP contribution in [0.5, 0.6) is 0 Å². The highest BCUT2D eigenvalue weighted by Crippen LogP contribution is 2.28. The molecule has 0 spiro atoms. The monoisotopic (exact) mass is 282 g/mol. The summed E-state index contributed by atoms with van der Waals surface area (Å²) in [5.41, 5.74) is 3.32. The summed E-state index contributed by atoms with van der Waals surface area (Å²) < 4.78 is 0. The molecule has 0 saturated heterocycles. The van der Waals surface area contributed by atoms with E-state index in [4.69, 9.17) is 0 Å². The molecule has 0 N–H and O–H groups in total. The number of benzene rings is 1. The molecule has 0 atom stereocenters. The molecule has 1 aliphatic carbocycles. The number of Topliss-reactive ketones (excluding diaryl/α,β-unsaturated/α-hetero) is 1. The van der Waals surface area contributed by atoms with Crippen LogP contribution in [0.1, 0.15) is 63.9 Å². The Kier molecular flexibility index (Phi) is 6.46. The fraction of sp³-hybridized carbons (Fsp3) is 0.450. The summed E-state index contributed by atoms with van der Waals surface area (Å²) in [7, 11) is 0. The Morgan fingerprint density at radius 3 is 2.48 bits per heavy atom. The van der Waals surface area contributed by atoms with E-state index < -0.39 is 0 Å². The van der Waals surface area contributed by atoms with Crippen molar-refractivity contribution in [3.05, 3.63) is 53.1 Å². The van der Waals surface area contributed by atoms with Gasteiger partial charge >= 0.3 is 0 Å². The van der Waals surface area contributed by atoms with Gasteiger partial charge < -0.3 is 0 Å². The first-order valence-electron chi connectivity index (χ1n) is 8.30. The Morgan fingerprint density at radius 2 is 1.71 bits per heavy atom. The van der Waals surface area contributed by atoms with Gasteiger partial charge in [-0.05, 0) is 30.1 Å². The smallest absolute Gasteiger partial charge is 0.166 e. The zero-order valence-electron chi connectivity index (χ0n) is 13.1. The molecular formula is C20H26O. The van der Waals surface area contributed by atoms with E-state index in [1.54, 1.807) is 0 Å². The number of ketones is 1. The van der Waals surface area contributed by atoms with Crippen LogP contribution in [0.25, 0.3) is 6.08 Å². The van der Waals surface area contributed by atoms with Crippen molar-refractivity contribution in [2.24, 2.45) is 0 Å². The fourth-order valence-electron chi connectivity index (χ4n) is 2.84. The molecule has 2 rings (SSSR count). The maximum Gasteiger partial charge on any atom is 0.166 e. The number of carbonyl (C=O) groups is 1. The molecule has 0 bridgehead atoms. The van der Waals surface area contributed by atoms with E-state index in [0.717, 1.165) is 17.6 Å². The van der Waals surface area contributed by atoms with E-state index in [-0.39, 0.29) is 5.78 Å². The lowest BCUT2D eigenvalue weighted by Gasteiger charge is -2.06. The third-order valence-corrected chi connectivity index (χ3v) is 4.09. The molecule has 0 unspecified atom stereocenters. The molecule has 0 radical (unpaired) electrons. The van der Waals surface area contributed by atoms with Gasteiger partial charge in [-0.3, -0.25) is 4.79 Å². The zero-order valence-corrected chi connectivity index (χ0v) is 13.1. The number of hydrogen-bond donors (Lipinski definition) is 0. The van der Waals surface area contributed by atoms with E-state index in [1.165, 1.54) is 44.1 Å². The van der Waals surface area contributed by atoms with Crippen LogP contribution in [-0.2, 0) is 4.79 Å². The molecule has 1 aliphatic rings. The summed E-state index contributed by atoms with van der Waals surface area (Å²) in [6.45, 7) is 2.25. The summed E-state index contributed by atoms with van der Waals surface area (Å²) in [5, 5.41) is 0. The molecule has 0 amide bonds. The molecule has 1 aromatic carbocycles. The van der Waals surface area contributed by atoms with Gasteiger partial charge in [-0.2, -0.15) is 0 Å². The minimum Gasteiger partial charge on any atom is -0.294 e. The second-order valence-electron chi connectivity index (χ2n) is 5.84. The van der Waals surface area contributed by atoms with Crippen molar-refractivity contribution < 1.29 is 4.79 Å². The lowest BCUT2D eigenvalue weighted by molar-refractivity contribution is -0.114. The molecule has 1 aromatic rings. The molecule has 1 nitrogen and oxygen atoms in total. The van der Waals surface area contributed by atoms with Crippen LogP contribution in [0.3, 0.4) is 0 Å². The van der Waals surface area contributed by atoms with Crippen molar-refractivity contribution in [2.75, 3.05) is 0 Å². The first-order valence-corrected chi connectivity index (χ1v) is 8.30. The first-order chi connectivity index (χ1) is 10.3. The van der Waals surface area contributed by atoms with E-state index in [1.807, 2.05) is 18.2 Å². The van der Waals surface area contributed by atoms with Crippen LogP contribution >= 0.6 is 0 Å². The Labute approximate surface area is 128 Å². The van der Waals surface area contributed by atoms with Gasteiger partial charge in [0.25, 0.3) is 0 Å². The highest BCUT2D eigenvalue weighted by atomic mass is 16.1. The van der Waals surface area contributed by atoms with Crippen molar-refractivity contribution in [2.45, 2.75) is 58.3 Å². The molecule has 0 fully saturated rings. The summed E-state index contributed by atoms with van der Waals surface area (Å²) in [6, 6.07) is 10.2. The van der Waals surface area contributed by atoms with E-state index in [0.29, 0.717) is 6.42 Å². The second kappa shape index (κ2) is 8.61. The average molecular weight is 282 g/mol. The van der Waals surface area contributed by atoms with Crippen LogP contribution in [0.2, 0.25) is 0 Å². The standard InChI is InChI=1S/C20H26O/c1-2-3-4-5-6-10-13-18-14-15-20(21)19(18)16-17-11-8-7-9-12-17/h7-9,11-12,14,16H,2-6,10,13,15H2,1H3. The second-order valence-corrected chi connectivity index (χ2v) is 5.84. The fourth-order valence-corrected chi connectivity index (χ4v) is 2.84. The van der Waals surface area contributed by atoms with Crippen molar-refractivity contribution in [1.29, 1.82) is 0 Å². The van der Waals surface area contributed by atoms with Gasteiger partial charge in [0.2, 0.25) is 0 Å². The number of hydrogen-bond acceptors (Lipinski definition) is 1. The molecule has 21 heavy (non-hydrogen) atoms. The summed E-state index contributed by atoms with van der Waals surface area (Å²) in [4.78, 5) is 12.0. The first kappa shape index (κ1) is 15.8. The van der Waals surface area contributed by atoms with Crippen molar-refractivity contribution in [3.63, 3.8) is 0 Å². The van der Waals surface area contributed by atoms with Gasteiger partial charge in [-0.15, -0.1) is 0 Å².